The van der Waals surface area contributed by atoms with Crippen molar-refractivity contribution >= 4 is 17.7 Å². The molecule has 0 aromatic carbocycles. The van der Waals surface area contributed by atoms with Crippen molar-refractivity contribution < 1.29 is 14.3 Å². The van der Waals surface area contributed by atoms with E-state index >= 15 is 0 Å². The molecule has 24 heavy (non-hydrogen) atoms. The van der Waals surface area contributed by atoms with Gasteiger partial charge in [-0.2, -0.15) is 0 Å². The van der Waals surface area contributed by atoms with Gasteiger partial charge in [0, 0.05) is 26.1 Å². The number of hydrogen-bond donors (Lipinski definition) is 2. The first-order chi connectivity index (χ1) is 11.5. The van der Waals surface area contributed by atoms with Crippen molar-refractivity contribution in [3.05, 3.63) is 30.0 Å². The van der Waals surface area contributed by atoms with Crippen LogP contribution < -0.4 is 5.32 Å². The molecule has 1 aliphatic heterocycles. The summed E-state index contributed by atoms with van der Waals surface area (Å²) in [7, 11) is 1.93. The summed E-state index contributed by atoms with van der Waals surface area (Å²) in [5, 5.41) is 20.2. The standard InChI is InChI=1S/C13H16FN5S.C2H4O2/c1-19-11(9-4-7-15-8-5-9)17-18-13(19)20-12-10(14)3-2-6-16-12;1-2(3)4/h2-3,6,9,15H,4-5,7-8H2,1H3;1H3,(H,3,4). The predicted octanol–water partition coefficient (Wildman–Crippen LogP) is 2.06. The maximum atomic E-state index is 13.6. The SMILES string of the molecule is CC(=O)O.Cn1c(Sc2ncccc2F)nnc1C1CCNCC1. The van der Waals surface area contributed by atoms with Gasteiger partial charge >= 0.3 is 0 Å². The number of hydrogen-bond acceptors (Lipinski definition) is 6. The molecule has 3 rings (SSSR count). The van der Waals surface area contributed by atoms with E-state index in [9.17, 15) is 4.39 Å². The Hall–Kier alpha value is -2.00. The third-order valence-electron chi connectivity index (χ3n) is 3.49. The van der Waals surface area contributed by atoms with Crippen LogP contribution in [0.3, 0.4) is 0 Å². The summed E-state index contributed by atoms with van der Waals surface area (Å²) in [6.45, 7) is 3.10. The number of aromatic nitrogens is 4. The highest BCUT2D eigenvalue weighted by Crippen LogP contribution is 2.30. The van der Waals surface area contributed by atoms with Crippen LogP contribution in [0.5, 0.6) is 0 Å². The maximum absolute atomic E-state index is 13.6. The smallest absolute Gasteiger partial charge is 0.300 e. The number of carbonyl (C=O) groups is 1. The first-order valence-corrected chi connectivity index (χ1v) is 8.38. The van der Waals surface area contributed by atoms with E-state index in [2.05, 4.69) is 20.5 Å². The van der Waals surface area contributed by atoms with Gasteiger partial charge in [0.1, 0.15) is 10.9 Å². The van der Waals surface area contributed by atoms with Crippen molar-refractivity contribution in [1.29, 1.82) is 0 Å². The molecule has 0 radical (unpaired) electrons. The summed E-state index contributed by atoms with van der Waals surface area (Å²) in [5.41, 5.74) is 0. The molecule has 0 amide bonds. The quantitative estimate of drug-likeness (QED) is 0.872. The molecule has 2 aromatic heterocycles. The first-order valence-electron chi connectivity index (χ1n) is 7.57. The molecule has 1 fully saturated rings. The molecule has 0 unspecified atom stereocenters. The minimum Gasteiger partial charge on any atom is -0.481 e. The lowest BCUT2D eigenvalue weighted by molar-refractivity contribution is -0.134. The van der Waals surface area contributed by atoms with Gasteiger partial charge < -0.3 is 15.0 Å². The Morgan fingerprint density at radius 3 is 2.71 bits per heavy atom. The Balaban J connectivity index is 0.000000471. The van der Waals surface area contributed by atoms with Gasteiger partial charge in [-0.15, -0.1) is 10.2 Å². The van der Waals surface area contributed by atoms with E-state index in [1.807, 2.05) is 11.6 Å². The summed E-state index contributed by atoms with van der Waals surface area (Å²) < 4.78 is 15.6. The van der Waals surface area contributed by atoms with Gasteiger partial charge in [-0.05, 0) is 49.8 Å². The van der Waals surface area contributed by atoms with Crippen LogP contribution in [0.15, 0.2) is 28.5 Å². The third kappa shape index (κ3) is 5.00. The molecule has 1 aliphatic rings. The minimum atomic E-state index is -0.833. The molecule has 0 aliphatic carbocycles. The molecular weight excluding hydrogens is 333 g/mol. The summed E-state index contributed by atoms with van der Waals surface area (Å²) in [4.78, 5) is 13.0. The van der Waals surface area contributed by atoms with Crippen LogP contribution in [-0.4, -0.2) is 43.9 Å². The highest BCUT2D eigenvalue weighted by molar-refractivity contribution is 7.99. The molecular formula is C15H20FN5O2S. The Morgan fingerprint density at radius 2 is 2.08 bits per heavy atom. The van der Waals surface area contributed by atoms with Crippen LogP contribution in [-0.2, 0) is 11.8 Å². The average Bonchev–Trinajstić information content (AvgIpc) is 2.91. The largest absolute Gasteiger partial charge is 0.481 e. The topological polar surface area (TPSA) is 92.9 Å². The van der Waals surface area contributed by atoms with Crippen LogP contribution in [0.25, 0.3) is 0 Å². The van der Waals surface area contributed by atoms with E-state index in [0.29, 0.717) is 16.1 Å². The lowest BCUT2D eigenvalue weighted by Gasteiger charge is -2.21. The van der Waals surface area contributed by atoms with Crippen molar-refractivity contribution in [3.8, 4) is 0 Å². The molecule has 0 spiro atoms. The van der Waals surface area contributed by atoms with Gasteiger partial charge in [0.15, 0.2) is 11.0 Å². The fourth-order valence-corrected chi connectivity index (χ4v) is 3.15. The highest BCUT2D eigenvalue weighted by Gasteiger charge is 2.22. The number of nitrogens with one attached hydrogen (secondary N) is 1. The number of piperidine rings is 1. The van der Waals surface area contributed by atoms with Crippen LogP contribution >= 0.6 is 11.8 Å². The lowest BCUT2D eigenvalue weighted by atomic mass is 9.97. The maximum Gasteiger partial charge on any atom is 0.300 e. The van der Waals surface area contributed by atoms with Crippen molar-refractivity contribution in [2.75, 3.05) is 13.1 Å². The van der Waals surface area contributed by atoms with E-state index < -0.39 is 5.97 Å². The van der Waals surface area contributed by atoms with E-state index in [1.54, 1.807) is 12.3 Å². The second-order valence-corrected chi connectivity index (χ2v) is 6.29. The fourth-order valence-electron chi connectivity index (χ4n) is 2.38. The van der Waals surface area contributed by atoms with E-state index in [0.717, 1.165) is 38.7 Å². The molecule has 3 heterocycles. The van der Waals surface area contributed by atoms with Crippen molar-refractivity contribution in [3.63, 3.8) is 0 Å². The van der Waals surface area contributed by atoms with Gasteiger partial charge in [0.2, 0.25) is 0 Å². The van der Waals surface area contributed by atoms with Gasteiger partial charge in [-0.1, -0.05) is 0 Å². The van der Waals surface area contributed by atoms with E-state index in [4.69, 9.17) is 9.90 Å². The second-order valence-electron chi connectivity index (χ2n) is 5.34. The lowest BCUT2D eigenvalue weighted by Crippen LogP contribution is -2.27. The minimum absolute atomic E-state index is 0.330. The molecule has 7 nitrogen and oxygen atoms in total. The molecule has 2 aromatic rings. The predicted molar refractivity (Wildman–Crippen MR) is 87.5 cm³/mol. The number of carboxylic acids is 1. The third-order valence-corrected chi connectivity index (χ3v) is 4.52. The van der Waals surface area contributed by atoms with Crippen LogP contribution in [0, 0.1) is 5.82 Å². The zero-order valence-corrected chi connectivity index (χ0v) is 14.4. The molecule has 2 N–H and O–H groups in total. The van der Waals surface area contributed by atoms with Crippen LogP contribution in [0.1, 0.15) is 31.5 Å². The summed E-state index contributed by atoms with van der Waals surface area (Å²) in [6.07, 6.45) is 3.71. The Kier molecular flexibility index (Phi) is 6.68. The molecule has 0 bridgehead atoms. The summed E-state index contributed by atoms with van der Waals surface area (Å²) in [5.74, 6) is 0.242. The highest BCUT2D eigenvalue weighted by atomic mass is 32.2. The van der Waals surface area contributed by atoms with Crippen molar-refractivity contribution in [2.45, 2.75) is 35.9 Å². The number of aliphatic carboxylic acids is 1. The average molecular weight is 353 g/mol. The van der Waals surface area contributed by atoms with Crippen molar-refractivity contribution in [2.24, 2.45) is 7.05 Å². The first kappa shape index (κ1) is 18.3. The zero-order valence-electron chi connectivity index (χ0n) is 13.6. The van der Waals surface area contributed by atoms with Gasteiger partial charge in [-0.3, -0.25) is 4.79 Å². The van der Waals surface area contributed by atoms with Crippen LogP contribution in [0.2, 0.25) is 0 Å². The number of carboxylic acid groups (broad SMARTS) is 1. The molecule has 130 valence electrons. The molecule has 0 saturated carbocycles. The summed E-state index contributed by atoms with van der Waals surface area (Å²) >= 11 is 1.21. The van der Waals surface area contributed by atoms with Crippen LogP contribution in [0.4, 0.5) is 4.39 Å². The number of halogens is 1. The van der Waals surface area contributed by atoms with Gasteiger partial charge in [0.05, 0.1) is 0 Å². The second kappa shape index (κ2) is 8.74. The van der Waals surface area contributed by atoms with E-state index in [-0.39, 0.29) is 5.82 Å². The Labute approximate surface area is 143 Å². The number of rotatable bonds is 3. The zero-order chi connectivity index (χ0) is 17.5. The number of nitrogens with zero attached hydrogens (tertiary/aromatic N) is 4. The van der Waals surface area contributed by atoms with Crippen molar-refractivity contribution in [1.82, 2.24) is 25.1 Å². The van der Waals surface area contributed by atoms with E-state index in [1.165, 1.54) is 17.8 Å². The Morgan fingerprint density at radius 1 is 1.42 bits per heavy atom. The Bertz CT molecular complexity index is 684. The van der Waals surface area contributed by atoms with Gasteiger partial charge in [-0.25, -0.2) is 9.37 Å². The molecule has 1 saturated heterocycles. The number of pyridine rings is 1. The summed E-state index contributed by atoms with van der Waals surface area (Å²) in [6, 6.07) is 2.98. The molecule has 0 atom stereocenters. The normalized spacial score (nSPS) is 14.8. The van der Waals surface area contributed by atoms with Gasteiger partial charge in [0.25, 0.3) is 5.97 Å². The fraction of sp³-hybridized carbons (Fsp3) is 0.467. The monoisotopic (exact) mass is 353 g/mol. The molecule has 9 heteroatoms.